The molecule has 1 aromatic carbocycles. The second-order valence-corrected chi connectivity index (χ2v) is 4.44. The maximum absolute atomic E-state index is 13.1. The Hall–Kier alpha value is -1.88. The van der Waals surface area contributed by atoms with E-state index in [9.17, 15) is 4.39 Å². The molecule has 0 bridgehead atoms. The number of nitrogen functional groups attached to an aromatic ring is 1. The molecular weight excluding hydrogens is 233 g/mol. The van der Waals surface area contributed by atoms with Gasteiger partial charge in [0.05, 0.1) is 5.69 Å². The van der Waals surface area contributed by atoms with E-state index >= 15 is 0 Å². The maximum Gasteiger partial charge on any atom is 0.133 e. The van der Waals surface area contributed by atoms with Crippen LogP contribution < -0.4 is 5.73 Å². The van der Waals surface area contributed by atoms with Gasteiger partial charge in [0.2, 0.25) is 0 Å². The quantitative estimate of drug-likeness (QED) is 0.845. The van der Waals surface area contributed by atoms with Crippen LogP contribution in [0, 0.1) is 12.7 Å². The fourth-order valence-corrected chi connectivity index (χ4v) is 1.83. The van der Waals surface area contributed by atoms with Crippen molar-refractivity contribution < 1.29 is 8.91 Å². The molecule has 0 unspecified atom stereocenters. The van der Waals surface area contributed by atoms with Crippen LogP contribution in [0.25, 0.3) is 0 Å². The number of rotatable bonds is 4. The van der Waals surface area contributed by atoms with Gasteiger partial charge in [-0.25, -0.2) is 4.39 Å². The van der Waals surface area contributed by atoms with E-state index < -0.39 is 0 Å². The topological polar surface area (TPSA) is 55.3 Å². The summed E-state index contributed by atoms with van der Waals surface area (Å²) >= 11 is 0. The number of anilines is 1. The lowest BCUT2D eigenvalue weighted by atomic mass is 10.1. The number of aryl methyl sites for hydroxylation is 1. The lowest BCUT2D eigenvalue weighted by Crippen LogP contribution is -2.18. The molecule has 4 nitrogen and oxygen atoms in total. The molecule has 0 aliphatic carbocycles. The molecule has 1 aromatic heterocycles. The third-order valence-electron chi connectivity index (χ3n) is 2.65. The summed E-state index contributed by atoms with van der Waals surface area (Å²) < 4.78 is 18.1. The predicted molar refractivity (Wildman–Crippen MR) is 67.2 cm³/mol. The second kappa shape index (κ2) is 5.18. The van der Waals surface area contributed by atoms with Crippen molar-refractivity contribution in [3.63, 3.8) is 0 Å². The van der Waals surface area contributed by atoms with Crippen LogP contribution in [0.5, 0.6) is 0 Å². The predicted octanol–water partition coefficient (Wildman–Crippen LogP) is 2.34. The molecule has 0 radical (unpaired) electrons. The minimum Gasteiger partial charge on any atom is -0.398 e. The van der Waals surface area contributed by atoms with Gasteiger partial charge >= 0.3 is 0 Å². The SMILES string of the molecule is Cc1cc(CN(C)Cc2cc(F)ccc2N)no1. The number of nitrogens with two attached hydrogens (primary N) is 1. The Bertz CT molecular complexity index is 539. The molecule has 2 aromatic rings. The summed E-state index contributed by atoms with van der Waals surface area (Å²) in [6.45, 7) is 3.05. The summed E-state index contributed by atoms with van der Waals surface area (Å²) in [5.41, 5.74) is 8.03. The molecule has 0 fully saturated rings. The average Bonchev–Trinajstić information content (AvgIpc) is 2.69. The number of nitrogens with zero attached hydrogens (tertiary/aromatic N) is 2. The standard InChI is InChI=1S/C13H16FN3O/c1-9-5-12(16-18-9)8-17(2)7-10-6-11(14)3-4-13(10)15/h3-6H,7-8,15H2,1-2H3. The van der Waals surface area contributed by atoms with Gasteiger partial charge in [-0.2, -0.15) is 0 Å². The Morgan fingerprint density at radius 1 is 1.33 bits per heavy atom. The van der Waals surface area contributed by atoms with Crippen LogP contribution in [0.3, 0.4) is 0 Å². The van der Waals surface area contributed by atoms with Gasteiger partial charge in [0, 0.05) is 24.8 Å². The molecular formula is C13H16FN3O. The van der Waals surface area contributed by atoms with Crippen molar-refractivity contribution in [2.24, 2.45) is 0 Å². The minimum atomic E-state index is -0.273. The lowest BCUT2D eigenvalue weighted by molar-refractivity contribution is 0.302. The zero-order valence-electron chi connectivity index (χ0n) is 10.5. The van der Waals surface area contributed by atoms with Crippen LogP contribution in [0.1, 0.15) is 17.0 Å². The lowest BCUT2D eigenvalue weighted by Gasteiger charge is -2.16. The molecule has 0 aliphatic rings. The molecule has 96 valence electrons. The van der Waals surface area contributed by atoms with Crippen molar-refractivity contribution in [3.05, 3.63) is 47.1 Å². The van der Waals surface area contributed by atoms with Gasteiger partial charge in [-0.15, -0.1) is 0 Å². The molecule has 1 heterocycles. The van der Waals surface area contributed by atoms with Gasteiger partial charge < -0.3 is 10.3 Å². The molecule has 18 heavy (non-hydrogen) atoms. The summed E-state index contributed by atoms with van der Waals surface area (Å²) in [6, 6.07) is 6.28. The Balaban J connectivity index is 2.02. The number of hydrogen-bond acceptors (Lipinski definition) is 4. The molecule has 2 N–H and O–H groups in total. The van der Waals surface area contributed by atoms with Crippen LogP contribution >= 0.6 is 0 Å². The number of benzene rings is 1. The van der Waals surface area contributed by atoms with Gasteiger partial charge in [0.15, 0.2) is 0 Å². The van der Waals surface area contributed by atoms with E-state index in [4.69, 9.17) is 10.3 Å². The maximum atomic E-state index is 13.1. The van der Waals surface area contributed by atoms with Gasteiger partial charge in [0.25, 0.3) is 0 Å². The van der Waals surface area contributed by atoms with Gasteiger partial charge in [0.1, 0.15) is 11.6 Å². The first-order chi connectivity index (χ1) is 8.54. The molecule has 0 spiro atoms. The summed E-state index contributed by atoms with van der Waals surface area (Å²) in [5, 5.41) is 3.92. The van der Waals surface area contributed by atoms with E-state index in [0.29, 0.717) is 18.8 Å². The summed E-state index contributed by atoms with van der Waals surface area (Å²) in [6.07, 6.45) is 0. The molecule has 0 atom stereocenters. The largest absolute Gasteiger partial charge is 0.398 e. The van der Waals surface area contributed by atoms with Crippen molar-refractivity contribution in [2.75, 3.05) is 12.8 Å². The van der Waals surface area contributed by atoms with E-state index in [1.165, 1.54) is 12.1 Å². The first-order valence-corrected chi connectivity index (χ1v) is 5.69. The first-order valence-electron chi connectivity index (χ1n) is 5.69. The Kier molecular flexibility index (Phi) is 3.62. The Morgan fingerprint density at radius 3 is 2.78 bits per heavy atom. The van der Waals surface area contributed by atoms with Gasteiger partial charge in [-0.05, 0) is 37.7 Å². The van der Waals surface area contributed by atoms with Crippen molar-refractivity contribution in [1.82, 2.24) is 10.1 Å². The van der Waals surface area contributed by atoms with Gasteiger partial charge in [-0.3, -0.25) is 4.90 Å². The van der Waals surface area contributed by atoms with E-state index in [2.05, 4.69) is 5.16 Å². The highest BCUT2D eigenvalue weighted by Crippen LogP contribution is 2.16. The summed E-state index contributed by atoms with van der Waals surface area (Å²) in [7, 11) is 1.92. The Morgan fingerprint density at radius 2 is 2.11 bits per heavy atom. The van der Waals surface area contributed by atoms with Crippen molar-refractivity contribution in [2.45, 2.75) is 20.0 Å². The van der Waals surface area contributed by atoms with Crippen LogP contribution in [-0.4, -0.2) is 17.1 Å². The van der Waals surface area contributed by atoms with Crippen molar-refractivity contribution >= 4 is 5.69 Å². The van der Waals surface area contributed by atoms with E-state index in [0.717, 1.165) is 17.0 Å². The normalized spacial score (nSPS) is 11.1. The molecule has 0 saturated heterocycles. The second-order valence-electron chi connectivity index (χ2n) is 4.44. The molecule has 0 saturated carbocycles. The highest BCUT2D eigenvalue weighted by molar-refractivity contribution is 5.46. The zero-order valence-corrected chi connectivity index (χ0v) is 10.5. The number of hydrogen-bond donors (Lipinski definition) is 1. The average molecular weight is 249 g/mol. The fourth-order valence-electron chi connectivity index (χ4n) is 1.83. The van der Waals surface area contributed by atoms with Crippen LogP contribution in [0.2, 0.25) is 0 Å². The van der Waals surface area contributed by atoms with Crippen LogP contribution in [0.15, 0.2) is 28.8 Å². The first kappa shape index (κ1) is 12.6. The minimum absolute atomic E-state index is 0.273. The molecule has 0 aliphatic heterocycles. The fraction of sp³-hybridized carbons (Fsp3) is 0.308. The monoisotopic (exact) mass is 249 g/mol. The van der Waals surface area contributed by atoms with Crippen LogP contribution in [-0.2, 0) is 13.1 Å². The molecule has 5 heteroatoms. The highest BCUT2D eigenvalue weighted by Gasteiger charge is 2.08. The van der Waals surface area contributed by atoms with E-state index in [1.807, 2.05) is 24.9 Å². The molecule has 0 amide bonds. The van der Waals surface area contributed by atoms with Crippen LogP contribution in [0.4, 0.5) is 10.1 Å². The zero-order chi connectivity index (χ0) is 13.1. The highest BCUT2D eigenvalue weighted by atomic mass is 19.1. The molecule has 2 rings (SSSR count). The third-order valence-corrected chi connectivity index (χ3v) is 2.65. The number of aromatic nitrogens is 1. The Labute approximate surface area is 105 Å². The summed E-state index contributed by atoms with van der Waals surface area (Å²) in [5.74, 6) is 0.508. The smallest absolute Gasteiger partial charge is 0.133 e. The number of halogens is 1. The van der Waals surface area contributed by atoms with Gasteiger partial charge in [-0.1, -0.05) is 5.16 Å². The van der Waals surface area contributed by atoms with E-state index in [-0.39, 0.29) is 5.82 Å². The summed E-state index contributed by atoms with van der Waals surface area (Å²) in [4.78, 5) is 2.00. The van der Waals surface area contributed by atoms with Crippen molar-refractivity contribution in [1.29, 1.82) is 0 Å². The van der Waals surface area contributed by atoms with Crippen molar-refractivity contribution in [3.8, 4) is 0 Å². The van der Waals surface area contributed by atoms with E-state index in [1.54, 1.807) is 6.07 Å². The third kappa shape index (κ3) is 3.07.